The molecule has 2 rings (SSSR count). The molecule has 5 atom stereocenters. The highest BCUT2D eigenvalue weighted by atomic mass is 16.8. The predicted octanol–water partition coefficient (Wildman–Crippen LogP) is 2.10. The van der Waals surface area contributed by atoms with Crippen LogP contribution in [0.4, 0.5) is 9.59 Å². The average Bonchev–Trinajstić information content (AvgIpc) is 3.53. The van der Waals surface area contributed by atoms with Crippen molar-refractivity contribution in [2.24, 2.45) is 5.92 Å². The molecule has 0 radical (unpaired) electrons. The summed E-state index contributed by atoms with van der Waals surface area (Å²) in [5.74, 6) is -0.0584. The van der Waals surface area contributed by atoms with Crippen LogP contribution in [0.15, 0.2) is 0 Å². The van der Waals surface area contributed by atoms with Gasteiger partial charge in [0.2, 0.25) is 0 Å². The van der Waals surface area contributed by atoms with Gasteiger partial charge in [-0.1, -0.05) is 27.7 Å². The van der Waals surface area contributed by atoms with Crippen molar-refractivity contribution >= 4 is 18.8 Å². The number of carbonyl (C=O) groups excluding carboxylic acids is 3. The number of aliphatic hydroxyl groups is 1. The zero-order valence-electron chi connectivity index (χ0n) is 22.6. The number of methoxy groups -OCH3 is 1. The van der Waals surface area contributed by atoms with Gasteiger partial charge in [-0.25, -0.2) is 9.59 Å². The lowest BCUT2D eigenvalue weighted by Gasteiger charge is -2.21. The van der Waals surface area contributed by atoms with E-state index in [0.717, 1.165) is 0 Å². The van der Waals surface area contributed by atoms with Crippen LogP contribution in [0.1, 0.15) is 40.5 Å². The van der Waals surface area contributed by atoms with E-state index in [-0.39, 0.29) is 64.9 Å². The van der Waals surface area contributed by atoms with Gasteiger partial charge in [-0.3, -0.25) is 4.79 Å². The standard InChI is InChI=1S/C20H32O13.2C2H6/c1-25-17(9-29-13-21)8-27-5-14(2-3-16-11-30-19(23)32-16)4-26-6-15(22)7-28-10-18-12-31-20(24)33-18;2*1-2/h13-18,22H,2-12H2,1H3;2*1-2H3. The van der Waals surface area contributed by atoms with E-state index in [4.69, 9.17) is 33.2 Å². The van der Waals surface area contributed by atoms with Crippen molar-refractivity contribution in [2.45, 2.75) is 65.0 Å². The van der Waals surface area contributed by atoms with Gasteiger partial charge in [0.05, 0.1) is 39.6 Å². The van der Waals surface area contributed by atoms with Crippen LogP contribution >= 0.6 is 0 Å². The van der Waals surface area contributed by atoms with E-state index in [2.05, 4.69) is 9.47 Å². The van der Waals surface area contributed by atoms with Crippen molar-refractivity contribution in [3.05, 3.63) is 0 Å². The lowest BCUT2D eigenvalue weighted by molar-refractivity contribution is -0.134. The average molecular weight is 541 g/mol. The van der Waals surface area contributed by atoms with Crippen LogP contribution < -0.4 is 0 Å². The molecule has 2 aliphatic rings. The summed E-state index contributed by atoms with van der Waals surface area (Å²) in [5.41, 5.74) is 0. The molecule has 13 heteroatoms. The highest BCUT2D eigenvalue weighted by Gasteiger charge is 2.27. The van der Waals surface area contributed by atoms with Crippen LogP contribution in [0, 0.1) is 5.92 Å². The van der Waals surface area contributed by atoms with Gasteiger partial charge in [0.15, 0.2) is 6.10 Å². The van der Waals surface area contributed by atoms with Crippen LogP contribution in [-0.4, -0.2) is 115 Å². The third kappa shape index (κ3) is 17.0. The van der Waals surface area contributed by atoms with Crippen LogP contribution in [0.2, 0.25) is 0 Å². The second-order valence-corrected chi connectivity index (χ2v) is 7.60. The van der Waals surface area contributed by atoms with Gasteiger partial charge in [-0.15, -0.1) is 0 Å². The molecule has 2 fully saturated rings. The summed E-state index contributed by atoms with van der Waals surface area (Å²) >= 11 is 0. The quantitative estimate of drug-likeness (QED) is 0.145. The van der Waals surface area contributed by atoms with Gasteiger partial charge in [0, 0.05) is 13.0 Å². The maximum atomic E-state index is 11.1. The Morgan fingerprint density at radius 1 is 0.865 bits per heavy atom. The Kier molecular flexibility index (Phi) is 21.6. The Bertz CT molecular complexity index is 589. The molecule has 37 heavy (non-hydrogen) atoms. The minimum absolute atomic E-state index is 0.0107. The lowest BCUT2D eigenvalue weighted by atomic mass is 10.0. The summed E-state index contributed by atoms with van der Waals surface area (Å²) in [4.78, 5) is 32.3. The molecule has 2 heterocycles. The van der Waals surface area contributed by atoms with E-state index in [1.54, 1.807) is 0 Å². The highest BCUT2D eigenvalue weighted by Crippen LogP contribution is 2.17. The number of hydrogen-bond acceptors (Lipinski definition) is 13. The van der Waals surface area contributed by atoms with E-state index >= 15 is 0 Å². The largest absolute Gasteiger partial charge is 0.508 e. The Labute approximate surface area is 218 Å². The summed E-state index contributed by atoms with van der Waals surface area (Å²) in [6, 6.07) is 0. The second kappa shape index (κ2) is 23.0. The monoisotopic (exact) mass is 540 g/mol. The fraction of sp³-hybridized carbons (Fsp3) is 0.875. The Balaban J connectivity index is 0.00000308. The predicted molar refractivity (Wildman–Crippen MR) is 129 cm³/mol. The summed E-state index contributed by atoms with van der Waals surface area (Å²) in [5, 5.41) is 10.0. The van der Waals surface area contributed by atoms with Crippen LogP contribution in [-0.2, 0) is 47.4 Å². The van der Waals surface area contributed by atoms with E-state index in [9.17, 15) is 19.5 Å². The zero-order chi connectivity index (χ0) is 27.9. The highest BCUT2D eigenvalue weighted by molar-refractivity contribution is 5.62. The van der Waals surface area contributed by atoms with Gasteiger partial charge in [-0.2, -0.15) is 0 Å². The molecule has 0 bridgehead atoms. The molecular weight excluding hydrogens is 496 g/mol. The first kappa shape index (κ1) is 34.8. The second-order valence-electron chi connectivity index (χ2n) is 7.60. The molecule has 0 aliphatic carbocycles. The van der Waals surface area contributed by atoms with Crippen LogP contribution in [0.3, 0.4) is 0 Å². The van der Waals surface area contributed by atoms with Crippen LogP contribution in [0.5, 0.6) is 0 Å². The van der Waals surface area contributed by atoms with Gasteiger partial charge in [0.25, 0.3) is 6.47 Å². The van der Waals surface area contributed by atoms with E-state index in [1.807, 2.05) is 27.7 Å². The SMILES string of the molecule is CC.CC.COC(COC=O)COCC(CCC1COC(=O)O1)COCC(O)COCC1COC(=O)O1. The summed E-state index contributed by atoms with van der Waals surface area (Å²) in [6.45, 7) is 9.75. The Morgan fingerprint density at radius 3 is 1.97 bits per heavy atom. The first-order chi connectivity index (χ1) is 18.0. The number of aliphatic hydroxyl groups excluding tert-OH is 1. The smallest absolute Gasteiger partial charge is 0.465 e. The number of rotatable bonds is 19. The molecule has 0 amide bonds. The van der Waals surface area contributed by atoms with Crippen LogP contribution in [0.25, 0.3) is 0 Å². The van der Waals surface area contributed by atoms with Crippen molar-refractivity contribution in [2.75, 3.05) is 66.6 Å². The van der Waals surface area contributed by atoms with Gasteiger partial charge in [0.1, 0.15) is 38.1 Å². The molecule has 0 aromatic rings. The van der Waals surface area contributed by atoms with E-state index in [1.165, 1.54) is 7.11 Å². The molecule has 0 spiro atoms. The summed E-state index contributed by atoms with van der Waals surface area (Å²) in [7, 11) is 1.49. The van der Waals surface area contributed by atoms with Crippen molar-refractivity contribution < 1.29 is 62.1 Å². The fourth-order valence-electron chi connectivity index (χ4n) is 3.04. The van der Waals surface area contributed by atoms with E-state index in [0.29, 0.717) is 25.9 Å². The van der Waals surface area contributed by atoms with E-state index < -0.39 is 30.6 Å². The third-order valence-electron chi connectivity index (χ3n) is 4.82. The molecule has 1 N–H and O–H groups in total. The first-order valence-corrected chi connectivity index (χ1v) is 12.7. The summed E-state index contributed by atoms with van der Waals surface area (Å²) < 4.78 is 45.8. The minimum atomic E-state index is -0.868. The maximum absolute atomic E-state index is 11.1. The summed E-state index contributed by atoms with van der Waals surface area (Å²) in [6.07, 6.45) is -2.27. The molecule has 2 saturated heterocycles. The van der Waals surface area contributed by atoms with Crippen molar-refractivity contribution in [1.82, 2.24) is 0 Å². The Hall–Kier alpha value is -2.19. The molecular formula is C24H44O13. The third-order valence-corrected chi connectivity index (χ3v) is 4.82. The van der Waals surface area contributed by atoms with Gasteiger partial charge < -0.3 is 47.7 Å². The number of cyclic esters (lactones) is 4. The van der Waals surface area contributed by atoms with Gasteiger partial charge >= 0.3 is 12.3 Å². The Morgan fingerprint density at radius 2 is 1.43 bits per heavy atom. The van der Waals surface area contributed by atoms with Gasteiger partial charge in [-0.05, 0) is 12.8 Å². The molecule has 0 aromatic carbocycles. The number of ether oxygens (including phenoxy) is 9. The molecule has 0 aromatic heterocycles. The molecule has 218 valence electrons. The zero-order valence-corrected chi connectivity index (χ0v) is 22.6. The molecule has 2 aliphatic heterocycles. The number of hydrogen-bond donors (Lipinski definition) is 1. The lowest BCUT2D eigenvalue weighted by Crippen LogP contribution is -2.29. The number of carbonyl (C=O) groups is 3. The van der Waals surface area contributed by atoms with Crippen molar-refractivity contribution in [3.8, 4) is 0 Å². The topological polar surface area (TPSA) is 155 Å². The van der Waals surface area contributed by atoms with Crippen molar-refractivity contribution in [1.29, 1.82) is 0 Å². The maximum Gasteiger partial charge on any atom is 0.508 e. The first-order valence-electron chi connectivity index (χ1n) is 12.7. The van der Waals surface area contributed by atoms with Crippen molar-refractivity contribution in [3.63, 3.8) is 0 Å². The molecule has 13 nitrogen and oxygen atoms in total. The molecule has 0 saturated carbocycles. The fourth-order valence-corrected chi connectivity index (χ4v) is 3.04. The normalized spacial score (nSPS) is 20.5. The molecule has 5 unspecified atom stereocenters. The minimum Gasteiger partial charge on any atom is -0.465 e.